The largest absolute Gasteiger partial charge is 0.485 e. The zero-order chi connectivity index (χ0) is 14.2. The van der Waals surface area contributed by atoms with Gasteiger partial charge in [0, 0.05) is 17.7 Å². The monoisotopic (exact) mass is 302 g/mol. The summed E-state index contributed by atoms with van der Waals surface area (Å²) in [7, 11) is 0. The van der Waals surface area contributed by atoms with Crippen LogP contribution in [0.2, 0.25) is 0 Å². The summed E-state index contributed by atoms with van der Waals surface area (Å²) in [6.07, 6.45) is 0.549. The Morgan fingerprint density at radius 2 is 2.10 bits per heavy atom. The van der Waals surface area contributed by atoms with Gasteiger partial charge in [-0.25, -0.2) is 4.98 Å². The summed E-state index contributed by atoms with van der Waals surface area (Å²) in [6.45, 7) is 1.65. The van der Waals surface area contributed by atoms with Crippen molar-refractivity contribution in [2.24, 2.45) is 0 Å². The first-order chi connectivity index (χ1) is 10.3. The van der Waals surface area contributed by atoms with Crippen LogP contribution in [-0.4, -0.2) is 23.2 Å². The van der Waals surface area contributed by atoms with E-state index in [4.69, 9.17) is 26.4 Å². The zero-order valence-electron chi connectivity index (χ0n) is 11.3. The van der Waals surface area contributed by atoms with E-state index >= 15 is 0 Å². The van der Waals surface area contributed by atoms with Crippen LogP contribution in [0.25, 0.3) is 0 Å². The van der Waals surface area contributed by atoms with Crippen LogP contribution < -0.4 is 9.47 Å². The molecule has 1 atom stereocenters. The molecular formula is C15H14N2O3S. The summed E-state index contributed by atoms with van der Waals surface area (Å²) in [5.74, 6) is 2.21. The molecule has 6 heteroatoms. The standard InChI is InChI=1S/C15H14N2O3S/c21-15-9-7-18-6-5-10(9)16-14(17-15)13-8-19-11-3-1-2-4-12(11)20-13/h1-4,13H,5-8H2,(H,16,17,21). The van der Waals surface area contributed by atoms with Gasteiger partial charge in [0.1, 0.15) is 11.2 Å². The number of hydrogen-bond donors (Lipinski definition) is 1. The van der Waals surface area contributed by atoms with Crippen molar-refractivity contribution < 1.29 is 14.2 Å². The Labute approximate surface area is 126 Å². The number of H-pyrrole nitrogens is 1. The maximum Gasteiger partial charge on any atom is 0.190 e. The van der Waals surface area contributed by atoms with Crippen molar-refractivity contribution in [2.45, 2.75) is 19.1 Å². The first-order valence-electron chi connectivity index (χ1n) is 6.89. The van der Waals surface area contributed by atoms with Crippen molar-refractivity contribution in [3.05, 3.63) is 46.0 Å². The first-order valence-corrected chi connectivity index (χ1v) is 7.30. The molecule has 0 bridgehead atoms. The highest BCUT2D eigenvalue weighted by Crippen LogP contribution is 2.35. The Kier molecular flexibility index (Phi) is 3.12. The fourth-order valence-corrected chi connectivity index (χ4v) is 2.86. The third kappa shape index (κ3) is 2.30. The Balaban J connectivity index is 1.69. The smallest absolute Gasteiger partial charge is 0.190 e. The molecule has 5 nitrogen and oxygen atoms in total. The highest BCUT2D eigenvalue weighted by Gasteiger charge is 2.25. The summed E-state index contributed by atoms with van der Waals surface area (Å²) in [5.41, 5.74) is 2.08. The van der Waals surface area contributed by atoms with Gasteiger partial charge in [0.15, 0.2) is 23.4 Å². The van der Waals surface area contributed by atoms with Crippen molar-refractivity contribution in [2.75, 3.05) is 13.2 Å². The molecule has 21 heavy (non-hydrogen) atoms. The normalized spacial score (nSPS) is 19.9. The number of para-hydroxylation sites is 2. The molecule has 3 heterocycles. The molecule has 0 spiro atoms. The highest BCUT2D eigenvalue weighted by atomic mass is 32.1. The van der Waals surface area contributed by atoms with E-state index in [1.807, 2.05) is 24.3 Å². The number of hydrogen-bond acceptors (Lipinski definition) is 5. The molecule has 0 saturated heterocycles. The van der Waals surface area contributed by atoms with Crippen LogP contribution >= 0.6 is 12.2 Å². The van der Waals surface area contributed by atoms with E-state index < -0.39 is 0 Å². The van der Waals surface area contributed by atoms with E-state index in [9.17, 15) is 0 Å². The summed E-state index contributed by atoms with van der Waals surface area (Å²) in [6, 6.07) is 7.63. The van der Waals surface area contributed by atoms with Crippen molar-refractivity contribution in [3.8, 4) is 11.5 Å². The molecule has 2 aliphatic heterocycles. The fourth-order valence-electron chi connectivity index (χ4n) is 2.58. The van der Waals surface area contributed by atoms with Gasteiger partial charge in [-0.1, -0.05) is 24.4 Å². The van der Waals surface area contributed by atoms with E-state index in [0.717, 1.165) is 35.0 Å². The van der Waals surface area contributed by atoms with Gasteiger partial charge < -0.3 is 19.2 Å². The van der Waals surface area contributed by atoms with Crippen LogP contribution in [0.3, 0.4) is 0 Å². The molecule has 0 radical (unpaired) electrons. The van der Waals surface area contributed by atoms with Crippen LogP contribution in [0.4, 0.5) is 0 Å². The van der Waals surface area contributed by atoms with Gasteiger partial charge in [0.05, 0.1) is 13.2 Å². The summed E-state index contributed by atoms with van der Waals surface area (Å²) < 4.78 is 17.7. The van der Waals surface area contributed by atoms with Crippen LogP contribution in [0, 0.1) is 4.64 Å². The number of nitrogens with zero attached hydrogens (tertiary/aromatic N) is 1. The van der Waals surface area contributed by atoms with E-state index in [-0.39, 0.29) is 6.10 Å². The van der Waals surface area contributed by atoms with Crippen molar-refractivity contribution in [1.29, 1.82) is 0 Å². The predicted octanol–water partition coefficient (Wildman–Crippen LogP) is 2.72. The van der Waals surface area contributed by atoms with Gasteiger partial charge in [0.2, 0.25) is 0 Å². The third-order valence-electron chi connectivity index (χ3n) is 3.68. The quantitative estimate of drug-likeness (QED) is 0.821. The van der Waals surface area contributed by atoms with E-state index in [0.29, 0.717) is 24.5 Å². The van der Waals surface area contributed by atoms with E-state index in [1.165, 1.54) is 0 Å². The lowest BCUT2D eigenvalue weighted by Crippen LogP contribution is -2.25. The number of aromatic nitrogens is 2. The Morgan fingerprint density at radius 3 is 3.00 bits per heavy atom. The third-order valence-corrected chi connectivity index (χ3v) is 4.02. The maximum absolute atomic E-state index is 5.97. The highest BCUT2D eigenvalue weighted by molar-refractivity contribution is 7.71. The number of rotatable bonds is 1. The molecule has 0 saturated carbocycles. The fraction of sp³-hybridized carbons (Fsp3) is 0.333. The lowest BCUT2D eigenvalue weighted by Gasteiger charge is -2.27. The molecule has 2 aliphatic rings. The second kappa shape index (κ2) is 5.13. The predicted molar refractivity (Wildman–Crippen MR) is 78.1 cm³/mol. The maximum atomic E-state index is 5.97. The zero-order valence-corrected chi connectivity index (χ0v) is 12.1. The number of ether oxygens (including phenoxy) is 3. The number of fused-ring (bicyclic) bond motifs is 2. The Hall–Kier alpha value is -1.92. The number of aromatic amines is 1. The van der Waals surface area contributed by atoms with Crippen LogP contribution in [-0.2, 0) is 17.8 Å². The van der Waals surface area contributed by atoms with Gasteiger partial charge >= 0.3 is 0 Å². The molecule has 1 aromatic carbocycles. The molecule has 0 fully saturated rings. The second-order valence-corrected chi connectivity index (χ2v) is 5.44. The van der Waals surface area contributed by atoms with Gasteiger partial charge in [-0.2, -0.15) is 0 Å². The van der Waals surface area contributed by atoms with E-state index in [1.54, 1.807) is 0 Å². The average molecular weight is 302 g/mol. The van der Waals surface area contributed by atoms with Crippen LogP contribution in [0.1, 0.15) is 23.2 Å². The van der Waals surface area contributed by atoms with Gasteiger partial charge in [-0.15, -0.1) is 0 Å². The lowest BCUT2D eigenvalue weighted by atomic mass is 10.1. The summed E-state index contributed by atoms with van der Waals surface area (Å²) in [5, 5.41) is 0. The van der Waals surface area contributed by atoms with Crippen LogP contribution in [0.15, 0.2) is 24.3 Å². The molecule has 1 N–H and O–H groups in total. The number of nitrogens with one attached hydrogen (secondary N) is 1. The molecule has 0 amide bonds. The van der Waals surface area contributed by atoms with E-state index in [2.05, 4.69) is 9.97 Å². The molecule has 0 aliphatic carbocycles. The Bertz CT molecular complexity index is 744. The summed E-state index contributed by atoms with van der Waals surface area (Å²) in [4.78, 5) is 7.80. The SMILES string of the molecule is S=c1nc(C2COc3ccccc3O2)[nH]c2c1COCC2. The van der Waals surface area contributed by atoms with Gasteiger partial charge in [0.25, 0.3) is 0 Å². The topological polar surface area (TPSA) is 56.4 Å². The molecule has 1 aromatic heterocycles. The molecular weight excluding hydrogens is 288 g/mol. The minimum atomic E-state index is -0.269. The first kappa shape index (κ1) is 12.8. The molecule has 2 aromatic rings. The molecule has 4 rings (SSSR count). The summed E-state index contributed by atoms with van der Waals surface area (Å²) >= 11 is 5.37. The Morgan fingerprint density at radius 1 is 1.24 bits per heavy atom. The van der Waals surface area contributed by atoms with Crippen molar-refractivity contribution in [1.82, 2.24) is 9.97 Å². The van der Waals surface area contributed by atoms with Crippen LogP contribution in [0.5, 0.6) is 11.5 Å². The lowest BCUT2D eigenvalue weighted by molar-refractivity contribution is 0.0826. The second-order valence-electron chi connectivity index (χ2n) is 5.05. The van der Waals surface area contributed by atoms with Gasteiger partial charge in [-0.3, -0.25) is 0 Å². The van der Waals surface area contributed by atoms with Gasteiger partial charge in [-0.05, 0) is 12.1 Å². The van der Waals surface area contributed by atoms with Crippen molar-refractivity contribution >= 4 is 12.2 Å². The molecule has 108 valence electrons. The average Bonchev–Trinajstić information content (AvgIpc) is 2.54. The van der Waals surface area contributed by atoms with Crippen molar-refractivity contribution in [3.63, 3.8) is 0 Å². The minimum absolute atomic E-state index is 0.269. The number of benzene rings is 1. The minimum Gasteiger partial charge on any atom is -0.485 e. The molecule has 1 unspecified atom stereocenters.